The molecule has 3 aliphatic rings. The molecule has 6 nitrogen and oxygen atoms in total. The number of halogens is 1. The number of hydrogen-bond acceptors (Lipinski definition) is 5. The summed E-state index contributed by atoms with van der Waals surface area (Å²) >= 11 is 2.10. The number of hydrogen-bond donors (Lipinski definition) is 2. The average Bonchev–Trinajstić information content (AvgIpc) is 3.22. The van der Waals surface area contributed by atoms with Crippen LogP contribution in [0.4, 0.5) is 0 Å². The van der Waals surface area contributed by atoms with Crippen molar-refractivity contribution in [1.29, 1.82) is 0 Å². The summed E-state index contributed by atoms with van der Waals surface area (Å²) in [7, 11) is 1.90. The Hall–Kier alpha value is 0.230. The number of aliphatic imine (C=N–C) groups is 1. The van der Waals surface area contributed by atoms with Gasteiger partial charge >= 0.3 is 0 Å². The van der Waals surface area contributed by atoms with Crippen molar-refractivity contribution >= 4 is 41.7 Å². The summed E-state index contributed by atoms with van der Waals surface area (Å²) < 4.78 is 5.54. The van der Waals surface area contributed by atoms with Crippen LogP contribution < -0.4 is 10.6 Å². The number of thioether (sulfide) groups is 1. The lowest BCUT2D eigenvalue weighted by atomic mass is 9.94. The summed E-state index contributed by atoms with van der Waals surface area (Å²) in [5, 5.41) is 7.32. The van der Waals surface area contributed by atoms with Gasteiger partial charge in [0.2, 0.25) is 0 Å². The average molecular weight is 540 g/mol. The molecule has 2 saturated heterocycles. The van der Waals surface area contributed by atoms with Crippen LogP contribution >= 0.6 is 35.7 Å². The molecule has 1 unspecified atom stereocenters. The van der Waals surface area contributed by atoms with Gasteiger partial charge in [0.15, 0.2) is 5.96 Å². The Labute approximate surface area is 199 Å². The Morgan fingerprint density at radius 2 is 1.72 bits per heavy atom. The van der Waals surface area contributed by atoms with E-state index in [-0.39, 0.29) is 24.0 Å². The monoisotopic (exact) mass is 539 g/mol. The van der Waals surface area contributed by atoms with Crippen molar-refractivity contribution < 1.29 is 4.74 Å². The van der Waals surface area contributed by atoms with E-state index in [0.29, 0.717) is 17.5 Å². The fraction of sp³-hybridized carbons (Fsp3) is 0.952. The maximum absolute atomic E-state index is 5.54. The SMILES string of the molecule is CN=C(NCC(C(C)C)N1CCOCC1)NCC1(N2CCSCC2)CCCC1.I. The highest BCUT2D eigenvalue weighted by molar-refractivity contribution is 14.0. The van der Waals surface area contributed by atoms with E-state index in [1.807, 2.05) is 7.05 Å². The zero-order valence-corrected chi connectivity index (χ0v) is 21.8. The summed E-state index contributed by atoms with van der Waals surface area (Å²) in [6.07, 6.45) is 5.38. The minimum Gasteiger partial charge on any atom is -0.379 e. The van der Waals surface area contributed by atoms with E-state index in [2.05, 4.69) is 51.0 Å². The Balaban J connectivity index is 0.00000300. The first kappa shape index (κ1) is 25.5. The van der Waals surface area contributed by atoms with Crippen LogP contribution in [0, 0.1) is 5.92 Å². The van der Waals surface area contributed by atoms with Gasteiger partial charge in [-0.05, 0) is 18.8 Å². The maximum atomic E-state index is 5.54. The molecule has 2 aliphatic heterocycles. The molecule has 3 rings (SSSR count). The van der Waals surface area contributed by atoms with Crippen LogP contribution in [0.15, 0.2) is 4.99 Å². The molecule has 0 amide bonds. The predicted octanol–water partition coefficient (Wildman–Crippen LogP) is 2.49. The van der Waals surface area contributed by atoms with E-state index < -0.39 is 0 Å². The Bertz CT molecular complexity index is 489. The largest absolute Gasteiger partial charge is 0.379 e. The zero-order valence-electron chi connectivity index (χ0n) is 18.6. The van der Waals surface area contributed by atoms with E-state index >= 15 is 0 Å². The van der Waals surface area contributed by atoms with Gasteiger partial charge in [-0.25, -0.2) is 0 Å². The topological polar surface area (TPSA) is 52.1 Å². The molecule has 1 saturated carbocycles. The highest BCUT2D eigenvalue weighted by Gasteiger charge is 2.40. The lowest BCUT2D eigenvalue weighted by Gasteiger charge is -2.44. The van der Waals surface area contributed by atoms with Crippen molar-refractivity contribution in [3.8, 4) is 0 Å². The second-order valence-corrected chi connectivity index (χ2v) is 10.0. The normalized spacial score (nSPS) is 24.9. The van der Waals surface area contributed by atoms with E-state index in [9.17, 15) is 0 Å². The third-order valence-corrected chi connectivity index (χ3v) is 7.73. The highest BCUT2D eigenvalue weighted by Crippen LogP contribution is 2.36. The van der Waals surface area contributed by atoms with Crippen molar-refractivity contribution in [2.75, 3.05) is 71.0 Å². The van der Waals surface area contributed by atoms with Crippen LogP contribution in [0.25, 0.3) is 0 Å². The van der Waals surface area contributed by atoms with Crippen LogP contribution in [0.1, 0.15) is 39.5 Å². The molecule has 1 aliphatic carbocycles. The van der Waals surface area contributed by atoms with Gasteiger partial charge in [0.1, 0.15) is 0 Å². The molecule has 0 radical (unpaired) electrons. The number of nitrogens with zero attached hydrogens (tertiary/aromatic N) is 3. The summed E-state index contributed by atoms with van der Waals surface area (Å²) in [6.45, 7) is 12.8. The first-order valence-corrected chi connectivity index (χ1v) is 12.4. The molecule has 2 N–H and O–H groups in total. The van der Waals surface area contributed by atoms with Crippen LogP contribution in [0.3, 0.4) is 0 Å². The summed E-state index contributed by atoms with van der Waals surface area (Å²) in [4.78, 5) is 9.86. The quantitative estimate of drug-likeness (QED) is 0.295. The molecule has 0 aromatic rings. The smallest absolute Gasteiger partial charge is 0.191 e. The molecular weight excluding hydrogens is 497 g/mol. The first-order valence-electron chi connectivity index (χ1n) is 11.2. The summed E-state index contributed by atoms with van der Waals surface area (Å²) in [6, 6.07) is 0.516. The predicted molar refractivity (Wildman–Crippen MR) is 136 cm³/mol. The fourth-order valence-electron chi connectivity index (χ4n) is 5.04. The van der Waals surface area contributed by atoms with Gasteiger partial charge in [0, 0.05) is 69.4 Å². The van der Waals surface area contributed by atoms with Gasteiger partial charge in [-0.3, -0.25) is 14.8 Å². The van der Waals surface area contributed by atoms with Crippen LogP contribution in [0.5, 0.6) is 0 Å². The number of guanidine groups is 1. The lowest BCUT2D eigenvalue weighted by Crippen LogP contribution is -2.58. The first-order chi connectivity index (χ1) is 13.6. The van der Waals surface area contributed by atoms with E-state index in [1.54, 1.807) is 0 Å². The molecule has 3 fully saturated rings. The van der Waals surface area contributed by atoms with E-state index in [0.717, 1.165) is 45.4 Å². The van der Waals surface area contributed by atoms with Gasteiger partial charge in [-0.1, -0.05) is 26.7 Å². The fourth-order valence-corrected chi connectivity index (χ4v) is 5.94. The molecule has 170 valence electrons. The molecule has 29 heavy (non-hydrogen) atoms. The minimum absolute atomic E-state index is 0. The number of rotatable bonds is 7. The Kier molecular flexibility index (Phi) is 11.4. The third kappa shape index (κ3) is 7.12. The van der Waals surface area contributed by atoms with Crippen molar-refractivity contribution in [2.45, 2.75) is 51.1 Å². The standard InChI is InChI=1S/C21H41N5OS.HI/c1-18(2)19(25-8-12-27-13-9-25)16-23-20(22-3)24-17-21(6-4-5-7-21)26-10-14-28-15-11-26;/h18-19H,4-17H2,1-3H3,(H2,22,23,24);1H. The molecule has 1 atom stereocenters. The third-order valence-electron chi connectivity index (χ3n) is 6.79. The molecule has 0 bridgehead atoms. The molecule has 0 spiro atoms. The van der Waals surface area contributed by atoms with Crippen molar-refractivity contribution in [2.24, 2.45) is 10.9 Å². The highest BCUT2D eigenvalue weighted by atomic mass is 127. The van der Waals surface area contributed by atoms with E-state index in [4.69, 9.17) is 4.74 Å². The summed E-state index contributed by atoms with van der Waals surface area (Å²) in [5.41, 5.74) is 0.334. The van der Waals surface area contributed by atoms with Gasteiger partial charge in [-0.2, -0.15) is 11.8 Å². The number of ether oxygens (including phenoxy) is 1. The molecular formula is C21H42IN5OS. The molecule has 0 aromatic carbocycles. The van der Waals surface area contributed by atoms with Crippen molar-refractivity contribution in [3.05, 3.63) is 0 Å². The second kappa shape index (κ2) is 12.9. The number of nitrogens with one attached hydrogen (secondary N) is 2. The van der Waals surface area contributed by atoms with Gasteiger partial charge < -0.3 is 15.4 Å². The van der Waals surface area contributed by atoms with Crippen LogP contribution in [0.2, 0.25) is 0 Å². The lowest BCUT2D eigenvalue weighted by molar-refractivity contribution is 0.00750. The van der Waals surface area contributed by atoms with Crippen LogP contribution in [-0.2, 0) is 4.74 Å². The van der Waals surface area contributed by atoms with Crippen molar-refractivity contribution in [1.82, 2.24) is 20.4 Å². The van der Waals surface area contributed by atoms with Crippen molar-refractivity contribution in [3.63, 3.8) is 0 Å². The van der Waals surface area contributed by atoms with Gasteiger partial charge in [-0.15, -0.1) is 24.0 Å². The molecule has 2 heterocycles. The Morgan fingerprint density at radius 1 is 1.07 bits per heavy atom. The molecule has 0 aromatic heterocycles. The Morgan fingerprint density at radius 3 is 2.31 bits per heavy atom. The molecule has 8 heteroatoms. The zero-order chi connectivity index (χ0) is 19.8. The summed E-state index contributed by atoms with van der Waals surface area (Å²) in [5.74, 6) is 4.13. The van der Waals surface area contributed by atoms with Gasteiger partial charge in [0.25, 0.3) is 0 Å². The second-order valence-electron chi connectivity index (χ2n) is 8.80. The van der Waals surface area contributed by atoms with Gasteiger partial charge in [0.05, 0.1) is 13.2 Å². The minimum atomic E-state index is 0. The van der Waals surface area contributed by atoms with Crippen LogP contribution in [-0.4, -0.2) is 98.4 Å². The van der Waals surface area contributed by atoms with E-state index in [1.165, 1.54) is 50.3 Å². The maximum Gasteiger partial charge on any atom is 0.191 e. The number of morpholine rings is 1.